The van der Waals surface area contributed by atoms with Gasteiger partial charge >= 0.3 is 5.97 Å². The molecule has 0 N–H and O–H groups in total. The number of anilines is 1. The first-order valence-electron chi connectivity index (χ1n) is 6.49. The molecule has 1 saturated heterocycles. The minimum Gasteiger partial charge on any atom is -0.490 e. The zero-order valence-electron chi connectivity index (χ0n) is 10.8. The van der Waals surface area contributed by atoms with Crippen LogP contribution in [0.15, 0.2) is 24.3 Å². The Bertz CT molecular complexity index is 402. The number of esters is 1. The second kappa shape index (κ2) is 7.24. The molecule has 0 amide bonds. The van der Waals surface area contributed by atoms with Crippen LogP contribution in [0.1, 0.15) is 12.8 Å². The zero-order valence-corrected chi connectivity index (χ0v) is 11.6. The summed E-state index contributed by atoms with van der Waals surface area (Å²) in [4.78, 5) is 13.2. The minimum atomic E-state index is -0.422. The third-order valence-corrected chi connectivity index (χ3v) is 3.25. The van der Waals surface area contributed by atoms with Gasteiger partial charge in [-0.3, -0.25) is 4.79 Å². The van der Waals surface area contributed by atoms with Crippen LogP contribution in [0.2, 0.25) is 0 Å². The van der Waals surface area contributed by atoms with Crippen LogP contribution < -0.4 is 9.64 Å². The Morgan fingerprint density at radius 1 is 1.16 bits per heavy atom. The second-order valence-electron chi connectivity index (χ2n) is 4.39. The molecule has 2 rings (SSSR count). The molecule has 4 nitrogen and oxygen atoms in total. The van der Waals surface area contributed by atoms with Crippen molar-refractivity contribution in [2.75, 3.05) is 37.1 Å². The van der Waals surface area contributed by atoms with E-state index in [1.54, 1.807) is 0 Å². The number of hydrogen-bond donors (Lipinski definition) is 0. The van der Waals surface area contributed by atoms with Gasteiger partial charge < -0.3 is 14.4 Å². The molecule has 1 fully saturated rings. The maximum atomic E-state index is 10.8. The fourth-order valence-electron chi connectivity index (χ4n) is 2.08. The summed E-state index contributed by atoms with van der Waals surface area (Å²) >= 11 is 5.31. The molecule has 1 aliphatic rings. The summed E-state index contributed by atoms with van der Waals surface area (Å²) in [7, 11) is 0. The number of hydrogen-bond acceptors (Lipinski definition) is 4. The molecule has 0 aromatic heterocycles. The van der Waals surface area contributed by atoms with Gasteiger partial charge in [0.05, 0.1) is 0 Å². The average molecular weight is 284 g/mol. The summed E-state index contributed by atoms with van der Waals surface area (Å²) in [5, 5.41) is 0. The molecule has 0 bridgehead atoms. The highest BCUT2D eigenvalue weighted by Crippen LogP contribution is 2.22. The average Bonchev–Trinajstić information content (AvgIpc) is 2.98. The molecular formula is C14H18ClNO3. The number of halogens is 1. The maximum Gasteiger partial charge on any atom is 0.320 e. The van der Waals surface area contributed by atoms with Crippen molar-refractivity contribution in [1.82, 2.24) is 0 Å². The number of carbonyl (C=O) groups is 1. The lowest BCUT2D eigenvalue weighted by molar-refractivity contribution is -0.141. The van der Waals surface area contributed by atoms with Crippen LogP contribution in [-0.2, 0) is 9.53 Å². The summed E-state index contributed by atoms with van der Waals surface area (Å²) in [5.41, 5.74) is 1.23. The summed E-state index contributed by atoms with van der Waals surface area (Å²) in [6.45, 7) is 2.83. The molecule has 19 heavy (non-hydrogen) atoms. The van der Waals surface area contributed by atoms with E-state index >= 15 is 0 Å². The highest BCUT2D eigenvalue weighted by molar-refractivity contribution is 6.26. The predicted octanol–water partition coefficient (Wildman–Crippen LogP) is 2.45. The molecule has 0 saturated carbocycles. The Hall–Kier alpha value is -1.42. The number of carbonyl (C=O) groups excluding carboxylic acids is 1. The van der Waals surface area contributed by atoms with Crippen molar-refractivity contribution in [3.8, 4) is 5.75 Å². The van der Waals surface area contributed by atoms with Crippen molar-refractivity contribution in [1.29, 1.82) is 0 Å². The number of ether oxygens (including phenoxy) is 2. The van der Waals surface area contributed by atoms with Crippen molar-refractivity contribution in [3.05, 3.63) is 24.3 Å². The fourth-order valence-corrected chi connectivity index (χ4v) is 2.16. The molecule has 0 spiro atoms. The van der Waals surface area contributed by atoms with E-state index in [0.717, 1.165) is 18.8 Å². The highest BCUT2D eigenvalue weighted by Gasteiger charge is 2.11. The van der Waals surface area contributed by atoms with E-state index in [4.69, 9.17) is 21.1 Å². The maximum absolute atomic E-state index is 10.8. The van der Waals surface area contributed by atoms with Crippen LogP contribution in [0.3, 0.4) is 0 Å². The van der Waals surface area contributed by atoms with Crippen LogP contribution >= 0.6 is 11.6 Å². The predicted molar refractivity (Wildman–Crippen MR) is 75.1 cm³/mol. The van der Waals surface area contributed by atoms with E-state index < -0.39 is 5.97 Å². The first-order valence-corrected chi connectivity index (χ1v) is 7.02. The van der Waals surface area contributed by atoms with Gasteiger partial charge in [0.2, 0.25) is 0 Å². The number of rotatable bonds is 6. The van der Waals surface area contributed by atoms with Crippen LogP contribution in [0.5, 0.6) is 5.75 Å². The Kier molecular flexibility index (Phi) is 5.33. The summed E-state index contributed by atoms with van der Waals surface area (Å²) < 4.78 is 10.3. The van der Waals surface area contributed by atoms with E-state index in [0.29, 0.717) is 6.61 Å². The van der Waals surface area contributed by atoms with Crippen LogP contribution in [0.4, 0.5) is 5.69 Å². The van der Waals surface area contributed by atoms with Gasteiger partial charge in [-0.1, -0.05) is 0 Å². The Balaban J connectivity index is 1.74. The van der Waals surface area contributed by atoms with Gasteiger partial charge in [0.25, 0.3) is 0 Å². The quantitative estimate of drug-likeness (QED) is 0.457. The van der Waals surface area contributed by atoms with E-state index in [2.05, 4.69) is 17.0 Å². The molecule has 0 unspecified atom stereocenters. The lowest BCUT2D eigenvalue weighted by atomic mass is 10.3. The third kappa shape index (κ3) is 4.31. The van der Waals surface area contributed by atoms with Gasteiger partial charge in [-0.05, 0) is 37.1 Å². The first kappa shape index (κ1) is 14.0. The second-order valence-corrected chi connectivity index (χ2v) is 4.66. The van der Waals surface area contributed by atoms with Crippen LogP contribution in [-0.4, -0.2) is 38.2 Å². The van der Waals surface area contributed by atoms with Gasteiger partial charge in [-0.2, -0.15) is 0 Å². The monoisotopic (exact) mass is 283 g/mol. The van der Waals surface area contributed by atoms with Gasteiger partial charge in [-0.25, -0.2) is 0 Å². The van der Waals surface area contributed by atoms with Crippen molar-refractivity contribution in [3.63, 3.8) is 0 Å². The van der Waals surface area contributed by atoms with Crippen molar-refractivity contribution < 1.29 is 14.3 Å². The Morgan fingerprint density at radius 2 is 1.84 bits per heavy atom. The first-order chi connectivity index (χ1) is 9.29. The van der Waals surface area contributed by atoms with Crippen molar-refractivity contribution >= 4 is 23.3 Å². The van der Waals surface area contributed by atoms with Crippen molar-refractivity contribution in [2.24, 2.45) is 0 Å². The summed E-state index contributed by atoms with van der Waals surface area (Å²) in [6.07, 6.45) is 2.54. The topological polar surface area (TPSA) is 38.8 Å². The normalized spacial score (nSPS) is 14.5. The van der Waals surface area contributed by atoms with E-state index in [1.807, 2.05) is 12.1 Å². The highest BCUT2D eigenvalue weighted by atomic mass is 35.5. The Morgan fingerprint density at radius 3 is 2.47 bits per heavy atom. The van der Waals surface area contributed by atoms with Gasteiger partial charge in [0.15, 0.2) is 0 Å². The van der Waals surface area contributed by atoms with Crippen LogP contribution in [0.25, 0.3) is 0 Å². The third-order valence-electron chi connectivity index (χ3n) is 3.03. The number of nitrogens with zero attached hydrogens (tertiary/aromatic N) is 1. The fraction of sp³-hybridized carbons (Fsp3) is 0.500. The van der Waals surface area contributed by atoms with Crippen molar-refractivity contribution in [2.45, 2.75) is 12.8 Å². The van der Waals surface area contributed by atoms with Gasteiger partial charge in [0, 0.05) is 18.8 Å². The van der Waals surface area contributed by atoms with E-state index in [-0.39, 0.29) is 12.5 Å². The standard InChI is InChI=1S/C14H18ClNO3/c15-11-14(17)19-10-9-18-13-5-3-12(4-6-13)16-7-1-2-8-16/h3-6H,1-2,7-11H2. The lowest BCUT2D eigenvalue weighted by Crippen LogP contribution is -2.17. The molecule has 0 atom stereocenters. The summed E-state index contributed by atoms with van der Waals surface area (Å²) in [5.74, 6) is 0.240. The van der Waals surface area contributed by atoms with Gasteiger partial charge in [-0.15, -0.1) is 11.6 Å². The van der Waals surface area contributed by atoms with E-state index in [1.165, 1.54) is 18.5 Å². The zero-order chi connectivity index (χ0) is 13.5. The van der Waals surface area contributed by atoms with E-state index in [9.17, 15) is 4.79 Å². The minimum absolute atomic E-state index is 0.121. The summed E-state index contributed by atoms with van der Waals surface area (Å²) in [6, 6.07) is 8.00. The van der Waals surface area contributed by atoms with Gasteiger partial charge in [0.1, 0.15) is 24.8 Å². The molecule has 0 aliphatic carbocycles. The largest absolute Gasteiger partial charge is 0.490 e. The molecule has 1 aromatic carbocycles. The van der Waals surface area contributed by atoms with Crippen LogP contribution in [0, 0.1) is 0 Å². The Labute approximate surface area is 118 Å². The molecule has 104 valence electrons. The molecular weight excluding hydrogens is 266 g/mol. The molecule has 5 heteroatoms. The molecule has 1 aromatic rings. The molecule has 1 heterocycles. The smallest absolute Gasteiger partial charge is 0.320 e. The lowest BCUT2D eigenvalue weighted by Gasteiger charge is -2.17. The number of alkyl halides is 1. The molecule has 0 radical (unpaired) electrons. The number of benzene rings is 1. The SMILES string of the molecule is O=C(CCl)OCCOc1ccc(N2CCCC2)cc1. The molecule has 1 aliphatic heterocycles.